The summed E-state index contributed by atoms with van der Waals surface area (Å²) in [6, 6.07) is 1.42. The Morgan fingerprint density at radius 1 is 1.42 bits per heavy atom. The van der Waals surface area contributed by atoms with Crippen molar-refractivity contribution >= 4 is 52.0 Å². The van der Waals surface area contributed by atoms with Gasteiger partial charge in [0.05, 0.1) is 9.90 Å². The second-order valence-electron chi connectivity index (χ2n) is 5.10. The first-order valence-electron chi connectivity index (χ1n) is 7.13. The monoisotopic (exact) mass is 390 g/mol. The van der Waals surface area contributed by atoms with E-state index in [1.165, 1.54) is 17.7 Å². The smallest absolute Gasteiger partial charge is 0.330 e. The molecule has 0 aliphatic heterocycles. The van der Waals surface area contributed by atoms with Gasteiger partial charge in [-0.1, -0.05) is 36.5 Å². The van der Waals surface area contributed by atoms with Crippen LogP contribution in [-0.2, 0) is 6.54 Å². The molecule has 2 aromatic heterocycles. The molecule has 0 atom stereocenters. The van der Waals surface area contributed by atoms with E-state index in [0.717, 1.165) is 22.7 Å². The fourth-order valence-corrected chi connectivity index (χ4v) is 3.66. The molecular formula is C14H16Cl2N4O3S. The number of carbonyl (C=O) groups excluding carboxylic acids is 1. The van der Waals surface area contributed by atoms with Crippen molar-refractivity contribution in [1.29, 1.82) is 0 Å². The van der Waals surface area contributed by atoms with E-state index in [0.29, 0.717) is 17.3 Å². The van der Waals surface area contributed by atoms with Crippen molar-refractivity contribution in [3.05, 3.63) is 41.1 Å². The Bertz CT molecular complexity index is 887. The molecule has 130 valence electrons. The summed E-state index contributed by atoms with van der Waals surface area (Å²) in [6.45, 7) is 2.31. The molecule has 0 spiro atoms. The van der Waals surface area contributed by atoms with E-state index in [4.69, 9.17) is 28.9 Å². The first-order chi connectivity index (χ1) is 11.3. The number of aromatic nitrogens is 2. The summed E-state index contributed by atoms with van der Waals surface area (Å²) in [4.78, 5) is 39.9. The van der Waals surface area contributed by atoms with Crippen molar-refractivity contribution in [2.75, 3.05) is 17.7 Å². The van der Waals surface area contributed by atoms with E-state index in [1.807, 2.05) is 6.92 Å². The van der Waals surface area contributed by atoms with E-state index in [-0.39, 0.29) is 21.4 Å². The van der Waals surface area contributed by atoms with Crippen LogP contribution in [0.5, 0.6) is 0 Å². The number of H-pyrrole nitrogens is 1. The van der Waals surface area contributed by atoms with Crippen molar-refractivity contribution < 1.29 is 4.79 Å². The average Bonchev–Trinajstić information content (AvgIpc) is 2.84. The number of unbranched alkanes of at least 4 members (excludes halogenated alkanes) is 1. The Balaban J connectivity index is 2.51. The molecule has 0 saturated heterocycles. The third kappa shape index (κ3) is 3.50. The lowest BCUT2D eigenvalue weighted by molar-refractivity contribution is 0.0993. The van der Waals surface area contributed by atoms with Crippen LogP contribution in [0.3, 0.4) is 0 Å². The lowest BCUT2D eigenvalue weighted by Crippen LogP contribution is -2.39. The van der Waals surface area contributed by atoms with Crippen LogP contribution >= 0.6 is 34.5 Å². The number of hydrogen-bond donors (Lipinski definition) is 2. The summed E-state index contributed by atoms with van der Waals surface area (Å²) in [6.07, 6.45) is 1.55. The summed E-state index contributed by atoms with van der Waals surface area (Å²) in [5, 5.41) is 0. The van der Waals surface area contributed by atoms with Gasteiger partial charge in [0.2, 0.25) is 0 Å². The minimum Gasteiger partial charge on any atom is -0.383 e. The zero-order valence-electron chi connectivity index (χ0n) is 13.1. The Hall–Kier alpha value is -1.77. The molecule has 7 nitrogen and oxygen atoms in total. The summed E-state index contributed by atoms with van der Waals surface area (Å²) in [7, 11) is 1.39. The maximum absolute atomic E-state index is 12.6. The number of nitrogen functional groups attached to an aromatic ring is 1. The molecule has 0 aliphatic carbocycles. The molecule has 10 heteroatoms. The zero-order chi connectivity index (χ0) is 18.0. The highest BCUT2D eigenvalue weighted by Crippen LogP contribution is 2.32. The third-order valence-corrected chi connectivity index (χ3v) is 4.96. The fourth-order valence-electron chi connectivity index (χ4n) is 2.21. The summed E-state index contributed by atoms with van der Waals surface area (Å²) in [5.74, 6) is -0.605. The van der Waals surface area contributed by atoms with Gasteiger partial charge >= 0.3 is 5.69 Å². The van der Waals surface area contributed by atoms with Crippen LogP contribution in [0.4, 0.5) is 11.5 Å². The number of nitrogens with two attached hydrogens (primary N) is 1. The zero-order valence-corrected chi connectivity index (χ0v) is 15.4. The number of thiophene rings is 1. The Morgan fingerprint density at radius 2 is 2.08 bits per heavy atom. The van der Waals surface area contributed by atoms with Crippen LogP contribution in [0.1, 0.15) is 30.1 Å². The van der Waals surface area contributed by atoms with Gasteiger partial charge in [-0.3, -0.25) is 19.1 Å². The van der Waals surface area contributed by atoms with Gasteiger partial charge in [0.15, 0.2) is 5.69 Å². The van der Waals surface area contributed by atoms with E-state index in [1.54, 1.807) is 0 Å². The topological polar surface area (TPSA) is 101 Å². The van der Waals surface area contributed by atoms with Gasteiger partial charge < -0.3 is 10.6 Å². The van der Waals surface area contributed by atoms with Gasteiger partial charge in [0, 0.05) is 13.6 Å². The van der Waals surface area contributed by atoms with E-state index < -0.39 is 17.2 Å². The molecule has 2 heterocycles. The standard InChI is InChI=1S/C14H16Cl2N4O3S/c1-3-4-5-20-11(17)9(12(21)18-14(20)23)19(2)13(22)7-6-8(15)24-10(7)16/h6H,3-5,17H2,1-2H3,(H,18,21,23). The number of aromatic amines is 1. The van der Waals surface area contributed by atoms with Gasteiger partial charge in [0.1, 0.15) is 10.2 Å². The molecule has 0 fully saturated rings. The minimum absolute atomic E-state index is 0.0644. The van der Waals surface area contributed by atoms with Gasteiger partial charge in [-0.2, -0.15) is 0 Å². The Kier molecular flexibility index (Phi) is 5.74. The largest absolute Gasteiger partial charge is 0.383 e. The van der Waals surface area contributed by atoms with Crippen LogP contribution in [0.15, 0.2) is 15.7 Å². The van der Waals surface area contributed by atoms with Crippen LogP contribution in [-0.4, -0.2) is 22.5 Å². The Labute approximate surface area is 151 Å². The highest BCUT2D eigenvalue weighted by molar-refractivity contribution is 7.20. The molecule has 0 bridgehead atoms. The number of carbonyl (C=O) groups is 1. The second kappa shape index (κ2) is 7.42. The van der Waals surface area contributed by atoms with Crippen LogP contribution in [0.2, 0.25) is 8.67 Å². The molecule has 3 N–H and O–H groups in total. The molecular weight excluding hydrogens is 375 g/mol. The molecule has 0 saturated carbocycles. The summed E-state index contributed by atoms with van der Waals surface area (Å²) >= 11 is 12.9. The summed E-state index contributed by atoms with van der Waals surface area (Å²) < 4.78 is 1.81. The molecule has 0 radical (unpaired) electrons. The lowest BCUT2D eigenvalue weighted by atomic mass is 10.2. The molecule has 2 rings (SSSR count). The molecule has 1 amide bonds. The number of rotatable bonds is 5. The fraction of sp³-hybridized carbons (Fsp3) is 0.357. The Morgan fingerprint density at radius 3 is 2.62 bits per heavy atom. The first-order valence-corrected chi connectivity index (χ1v) is 8.70. The minimum atomic E-state index is -0.737. The first kappa shape index (κ1) is 18.6. The highest BCUT2D eigenvalue weighted by Gasteiger charge is 2.24. The molecule has 0 aromatic carbocycles. The van der Waals surface area contributed by atoms with Gasteiger partial charge in [-0.15, -0.1) is 11.3 Å². The van der Waals surface area contributed by atoms with Gasteiger partial charge in [-0.05, 0) is 12.5 Å². The predicted octanol–water partition coefficient (Wildman–Crippen LogP) is 2.56. The van der Waals surface area contributed by atoms with Crippen LogP contribution in [0, 0.1) is 0 Å². The van der Waals surface area contributed by atoms with Crippen molar-refractivity contribution in [2.45, 2.75) is 26.3 Å². The van der Waals surface area contributed by atoms with E-state index in [2.05, 4.69) is 4.98 Å². The third-order valence-electron chi connectivity index (χ3n) is 3.48. The average molecular weight is 391 g/mol. The molecule has 24 heavy (non-hydrogen) atoms. The SMILES string of the molecule is CCCCn1c(N)c(N(C)C(=O)c2cc(Cl)sc2Cl)c(=O)[nH]c1=O. The number of halogens is 2. The van der Waals surface area contributed by atoms with Crippen molar-refractivity contribution in [1.82, 2.24) is 9.55 Å². The van der Waals surface area contributed by atoms with Crippen molar-refractivity contribution in [3.8, 4) is 0 Å². The summed E-state index contributed by atoms with van der Waals surface area (Å²) in [5.41, 5.74) is 4.70. The number of hydrogen-bond acceptors (Lipinski definition) is 5. The number of nitrogens with zero attached hydrogens (tertiary/aromatic N) is 2. The second-order valence-corrected chi connectivity index (χ2v) is 7.39. The van der Waals surface area contributed by atoms with E-state index in [9.17, 15) is 14.4 Å². The quantitative estimate of drug-likeness (QED) is 0.818. The molecule has 0 aliphatic rings. The number of amides is 1. The maximum Gasteiger partial charge on any atom is 0.330 e. The number of nitrogens with one attached hydrogen (secondary N) is 1. The van der Waals surface area contributed by atoms with Crippen LogP contribution < -0.4 is 21.9 Å². The van der Waals surface area contributed by atoms with Crippen molar-refractivity contribution in [2.24, 2.45) is 0 Å². The van der Waals surface area contributed by atoms with Gasteiger partial charge in [0.25, 0.3) is 11.5 Å². The van der Waals surface area contributed by atoms with E-state index >= 15 is 0 Å². The molecule has 2 aromatic rings. The molecule has 0 unspecified atom stereocenters. The maximum atomic E-state index is 12.6. The lowest BCUT2D eigenvalue weighted by Gasteiger charge is -2.20. The van der Waals surface area contributed by atoms with Gasteiger partial charge in [-0.25, -0.2) is 4.79 Å². The number of anilines is 2. The highest BCUT2D eigenvalue weighted by atomic mass is 35.5. The predicted molar refractivity (Wildman–Crippen MR) is 97.7 cm³/mol. The van der Waals surface area contributed by atoms with Crippen LogP contribution in [0.25, 0.3) is 0 Å². The van der Waals surface area contributed by atoms with Crippen molar-refractivity contribution in [3.63, 3.8) is 0 Å². The normalized spacial score (nSPS) is 10.8.